The first-order valence-electron chi connectivity index (χ1n) is 13.0. The standard InChI is InChI=1S/C31H26N2O8/c34-25-16-17-33(31(38)32-25)24-18-23(19-39-28(35)20-10-4-1-5-11-20)26(40-29(36)21-12-6-2-7-13-21)27(24)41-30(37)22-14-8-3-9-15-22/h1-17,23-24,26-27H,18-19H2,(H,32,34,38)/t23-,24-,26-,27+/m1/s1. The Hall–Kier alpha value is -5.25. The molecule has 5 rings (SSSR count). The smallest absolute Gasteiger partial charge is 0.338 e. The van der Waals surface area contributed by atoms with Gasteiger partial charge >= 0.3 is 23.6 Å². The average molecular weight is 555 g/mol. The van der Waals surface area contributed by atoms with Crippen LogP contribution in [0, 0.1) is 5.92 Å². The highest BCUT2D eigenvalue weighted by Gasteiger charge is 2.50. The first kappa shape index (κ1) is 27.3. The van der Waals surface area contributed by atoms with Gasteiger partial charge in [-0.15, -0.1) is 0 Å². The number of esters is 3. The maximum atomic E-state index is 13.2. The van der Waals surface area contributed by atoms with E-state index in [4.69, 9.17) is 14.2 Å². The predicted molar refractivity (Wildman–Crippen MR) is 146 cm³/mol. The van der Waals surface area contributed by atoms with Gasteiger partial charge in [-0.1, -0.05) is 54.6 Å². The zero-order valence-corrected chi connectivity index (χ0v) is 21.8. The van der Waals surface area contributed by atoms with Crippen LogP contribution in [0.2, 0.25) is 0 Å². The van der Waals surface area contributed by atoms with Gasteiger partial charge in [0, 0.05) is 18.2 Å². The molecule has 0 radical (unpaired) electrons. The molecule has 1 fully saturated rings. The van der Waals surface area contributed by atoms with Gasteiger partial charge in [-0.25, -0.2) is 19.2 Å². The topological polar surface area (TPSA) is 134 Å². The van der Waals surface area contributed by atoms with E-state index < -0.39 is 53.3 Å². The van der Waals surface area contributed by atoms with Crippen LogP contribution in [0.1, 0.15) is 43.5 Å². The quantitative estimate of drug-likeness (QED) is 0.259. The fraction of sp³-hybridized carbons (Fsp3) is 0.194. The Kier molecular flexibility index (Phi) is 8.19. The predicted octanol–water partition coefficient (Wildman–Crippen LogP) is 3.41. The van der Waals surface area contributed by atoms with Crippen LogP contribution in [0.3, 0.4) is 0 Å². The Morgan fingerprint density at radius 2 is 1.17 bits per heavy atom. The molecule has 208 valence electrons. The maximum absolute atomic E-state index is 13.2. The number of hydrogen-bond donors (Lipinski definition) is 1. The molecule has 10 nitrogen and oxygen atoms in total. The summed E-state index contributed by atoms with van der Waals surface area (Å²) in [7, 11) is 0. The van der Waals surface area contributed by atoms with Gasteiger partial charge in [0.15, 0.2) is 6.10 Å². The van der Waals surface area contributed by atoms with Gasteiger partial charge in [0.25, 0.3) is 5.56 Å². The highest BCUT2D eigenvalue weighted by atomic mass is 16.6. The van der Waals surface area contributed by atoms with E-state index in [-0.39, 0.29) is 24.2 Å². The summed E-state index contributed by atoms with van der Waals surface area (Å²) in [5.41, 5.74) is -0.456. The van der Waals surface area contributed by atoms with E-state index >= 15 is 0 Å². The van der Waals surface area contributed by atoms with Gasteiger partial charge in [0.1, 0.15) is 6.10 Å². The summed E-state index contributed by atoms with van der Waals surface area (Å²) in [4.78, 5) is 65.9. The Balaban J connectivity index is 1.50. The van der Waals surface area contributed by atoms with Crippen LogP contribution in [-0.4, -0.2) is 46.3 Å². The minimum absolute atomic E-state index is 0.132. The molecule has 4 aromatic rings. The molecule has 0 amide bonds. The SMILES string of the molecule is O=C(OC[C@H]1C[C@@H](n2ccc(=O)[nH]c2=O)[C@H](OC(=O)c2ccccc2)[C@@H]1OC(=O)c1ccccc1)c1ccccc1. The molecule has 1 N–H and O–H groups in total. The average Bonchev–Trinajstić information content (AvgIpc) is 3.33. The fourth-order valence-electron chi connectivity index (χ4n) is 4.87. The molecule has 0 spiro atoms. The summed E-state index contributed by atoms with van der Waals surface area (Å²) in [5, 5.41) is 0. The van der Waals surface area contributed by atoms with E-state index in [1.807, 2.05) is 0 Å². The molecule has 41 heavy (non-hydrogen) atoms. The van der Waals surface area contributed by atoms with Gasteiger partial charge in [-0.3, -0.25) is 14.3 Å². The molecule has 0 saturated heterocycles. The lowest BCUT2D eigenvalue weighted by atomic mass is 10.1. The van der Waals surface area contributed by atoms with Crippen molar-refractivity contribution in [2.24, 2.45) is 5.92 Å². The minimum Gasteiger partial charge on any atom is -0.462 e. The Morgan fingerprint density at radius 3 is 1.68 bits per heavy atom. The molecule has 0 aliphatic heterocycles. The monoisotopic (exact) mass is 554 g/mol. The fourth-order valence-corrected chi connectivity index (χ4v) is 4.87. The van der Waals surface area contributed by atoms with Gasteiger partial charge in [0.2, 0.25) is 0 Å². The van der Waals surface area contributed by atoms with Crippen LogP contribution in [0.4, 0.5) is 0 Å². The molecule has 1 aliphatic rings. The molecule has 1 aliphatic carbocycles. The minimum atomic E-state index is -1.15. The largest absolute Gasteiger partial charge is 0.462 e. The molecular formula is C31H26N2O8. The third kappa shape index (κ3) is 6.33. The number of H-pyrrole nitrogens is 1. The van der Waals surface area contributed by atoms with Crippen molar-refractivity contribution in [1.29, 1.82) is 0 Å². The normalized spacial score (nSPS) is 19.7. The van der Waals surface area contributed by atoms with E-state index in [1.165, 1.54) is 16.8 Å². The molecular weight excluding hydrogens is 528 g/mol. The molecule has 1 heterocycles. The zero-order chi connectivity index (χ0) is 28.8. The van der Waals surface area contributed by atoms with Gasteiger partial charge < -0.3 is 14.2 Å². The summed E-state index contributed by atoms with van der Waals surface area (Å²) >= 11 is 0. The maximum Gasteiger partial charge on any atom is 0.338 e. The van der Waals surface area contributed by atoms with Crippen LogP contribution in [0.5, 0.6) is 0 Å². The van der Waals surface area contributed by atoms with E-state index in [2.05, 4.69) is 4.98 Å². The highest BCUT2D eigenvalue weighted by molar-refractivity contribution is 5.91. The van der Waals surface area contributed by atoms with Crippen molar-refractivity contribution in [3.63, 3.8) is 0 Å². The molecule has 3 aromatic carbocycles. The van der Waals surface area contributed by atoms with Crippen LogP contribution in [0.25, 0.3) is 0 Å². The van der Waals surface area contributed by atoms with E-state index in [9.17, 15) is 24.0 Å². The number of carbonyl (C=O) groups excluding carboxylic acids is 3. The first-order valence-corrected chi connectivity index (χ1v) is 13.0. The van der Waals surface area contributed by atoms with Crippen LogP contribution >= 0.6 is 0 Å². The van der Waals surface area contributed by atoms with Gasteiger partial charge in [-0.05, 0) is 42.8 Å². The second-order valence-electron chi connectivity index (χ2n) is 9.52. The van der Waals surface area contributed by atoms with Crippen molar-refractivity contribution in [2.75, 3.05) is 6.61 Å². The second kappa shape index (κ2) is 12.3. The third-order valence-corrected chi connectivity index (χ3v) is 6.86. The van der Waals surface area contributed by atoms with Crippen molar-refractivity contribution >= 4 is 17.9 Å². The summed E-state index contributed by atoms with van der Waals surface area (Å²) in [6, 6.07) is 25.2. The third-order valence-electron chi connectivity index (χ3n) is 6.86. The number of aromatic amines is 1. The molecule has 0 bridgehead atoms. The zero-order valence-electron chi connectivity index (χ0n) is 21.8. The van der Waals surface area contributed by atoms with Crippen molar-refractivity contribution in [1.82, 2.24) is 9.55 Å². The number of hydrogen-bond acceptors (Lipinski definition) is 8. The summed E-state index contributed by atoms with van der Waals surface area (Å²) in [6.07, 6.45) is -0.820. The van der Waals surface area contributed by atoms with Gasteiger partial charge in [-0.2, -0.15) is 0 Å². The number of ether oxygens (including phenoxy) is 3. The second-order valence-corrected chi connectivity index (χ2v) is 9.52. The number of rotatable bonds is 8. The Bertz CT molecular complexity index is 1630. The van der Waals surface area contributed by atoms with Crippen molar-refractivity contribution < 1.29 is 28.6 Å². The van der Waals surface area contributed by atoms with E-state index in [0.29, 0.717) is 5.56 Å². The highest BCUT2D eigenvalue weighted by Crippen LogP contribution is 2.40. The summed E-state index contributed by atoms with van der Waals surface area (Å²) in [5.74, 6) is -2.61. The van der Waals surface area contributed by atoms with Crippen molar-refractivity contribution in [3.05, 3.63) is 141 Å². The first-order chi connectivity index (χ1) is 19.9. The molecule has 1 saturated carbocycles. The van der Waals surface area contributed by atoms with Crippen molar-refractivity contribution in [2.45, 2.75) is 24.7 Å². The van der Waals surface area contributed by atoms with Crippen molar-refractivity contribution in [3.8, 4) is 0 Å². The van der Waals surface area contributed by atoms with Crippen LogP contribution in [-0.2, 0) is 14.2 Å². The molecule has 0 unspecified atom stereocenters. The van der Waals surface area contributed by atoms with E-state index in [0.717, 1.165) is 0 Å². The van der Waals surface area contributed by atoms with Gasteiger partial charge in [0.05, 0.1) is 29.3 Å². The molecule has 1 aromatic heterocycles. The lowest BCUT2D eigenvalue weighted by Crippen LogP contribution is -2.41. The lowest BCUT2D eigenvalue weighted by Gasteiger charge is -2.27. The Morgan fingerprint density at radius 1 is 0.683 bits per heavy atom. The Labute approximate surface area is 234 Å². The number of nitrogens with zero attached hydrogens (tertiary/aromatic N) is 1. The number of benzene rings is 3. The number of aromatic nitrogens is 2. The summed E-state index contributed by atoms with van der Waals surface area (Å²) in [6.45, 7) is -0.186. The van der Waals surface area contributed by atoms with E-state index in [1.54, 1.807) is 91.0 Å². The van der Waals surface area contributed by atoms with Crippen LogP contribution in [0.15, 0.2) is 113 Å². The number of carbonyl (C=O) groups is 3. The molecule has 10 heteroatoms. The summed E-state index contributed by atoms with van der Waals surface area (Å²) < 4.78 is 18.6. The van der Waals surface area contributed by atoms with Crippen LogP contribution < -0.4 is 11.2 Å². The molecule has 4 atom stereocenters. The number of nitrogens with one attached hydrogen (secondary N) is 1. The lowest BCUT2D eigenvalue weighted by molar-refractivity contribution is -0.0498.